The number of fused-ring (bicyclic) bond motifs is 1. The monoisotopic (exact) mass is 492 g/mol. The molecule has 0 amide bonds. The summed E-state index contributed by atoms with van der Waals surface area (Å²) in [6, 6.07) is 19.2. The van der Waals surface area contributed by atoms with Crippen molar-refractivity contribution in [3.8, 4) is 33.6 Å². The molecule has 5 atom stereocenters. The third-order valence-electron chi connectivity index (χ3n) is 9.33. The average Bonchev–Trinajstić information content (AvgIpc) is 3.45. The van der Waals surface area contributed by atoms with Crippen molar-refractivity contribution in [3.63, 3.8) is 0 Å². The highest BCUT2D eigenvalue weighted by molar-refractivity contribution is 5.71. The Morgan fingerprint density at radius 3 is 1.57 bits per heavy atom. The second kappa shape index (κ2) is 8.14. The summed E-state index contributed by atoms with van der Waals surface area (Å²) in [5.74, 6) is 2.09. The van der Waals surface area contributed by atoms with Gasteiger partial charge >= 0.3 is 0 Å². The Hall–Kier alpha value is -3.22. The molecule has 0 radical (unpaired) electrons. The molecule has 0 bridgehead atoms. The van der Waals surface area contributed by atoms with Crippen LogP contribution in [0.5, 0.6) is 0 Å². The number of rotatable bonds is 5. The van der Waals surface area contributed by atoms with Gasteiger partial charge in [0.1, 0.15) is 11.6 Å². The molecule has 3 aliphatic rings. The summed E-state index contributed by atoms with van der Waals surface area (Å²) in [4.78, 5) is 16.6. The fourth-order valence-corrected chi connectivity index (χ4v) is 6.29. The van der Waals surface area contributed by atoms with Crippen molar-refractivity contribution in [2.75, 3.05) is 0 Å². The average molecular weight is 493 g/mol. The van der Waals surface area contributed by atoms with Gasteiger partial charge in [-0.25, -0.2) is 9.97 Å². The van der Waals surface area contributed by atoms with Crippen LogP contribution >= 0.6 is 0 Å². The lowest BCUT2D eigenvalue weighted by Gasteiger charge is -2.21. The van der Waals surface area contributed by atoms with Crippen LogP contribution in [0.3, 0.4) is 0 Å². The van der Waals surface area contributed by atoms with Crippen molar-refractivity contribution in [3.05, 3.63) is 72.6 Å². The van der Waals surface area contributed by atoms with Gasteiger partial charge in [-0.05, 0) is 48.1 Å². The van der Waals surface area contributed by atoms with Gasteiger partial charge in [-0.3, -0.25) is 0 Å². The molecular weight excluding hydrogens is 456 g/mol. The number of benzene rings is 2. The van der Waals surface area contributed by atoms with E-state index in [1.807, 2.05) is 12.4 Å². The van der Waals surface area contributed by atoms with Crippen LogP contribution in [0, 0.1) is 10.8 Å². The first-order chi connectivity index (χ1) is 17.8. The van der Waals surface area contributed by atoms with E-state index in [0.717, 1.165) is 40.6 Å². The van der Waals surface area contributed by atoms with Crippen LogP contribution < -0.4 is 10.6 Å². The fourth-order valence-electron chi connectivity index (χ4n) is 6.29. The summed E-state index contributed by atoms with van der Waals surface area (Å²) < 4.78 is 0. The minimum absolute atomic E-state index is 0.278. The summed E-state index contributed by atoms with van der Waals surface area (Å²) in [6.07, 6.45) is 7.63. The highest BCUT2D eigenvalue weighted by Crippen LogP contribution is 2.57. The second-order valence-corrected chi connectivity index (χ2v) is 12.5. The number of aromatic amines is 2. The summed E-state index contributed by atoms with van der Waals surface area (Å²) >= 11 is 0. The number of hydrogen-bond donors (Lipinski definition) is 4. The molecule has 4 aromatic rings. The van der Waals surface area contributed by atoms with E-state index in [-0.39, 0.29) is 11.5 Å². The first-order valence-corrected chi connectivity index (χ1v) is 13.6. The van der Waals surface area contributed by atoms with Crippen molar-refractivity contribution >= 4 is 0 Å². The van der Waals surface area contributed by atoms with Gasteiger partial charge in [0.25, 0.3) is 0 Å². The van der Waals surface area contributed by atoms with E-state index in [0.29, 0.717) is 23.5 Å². The molecule has 4 N–H and O–H groups in total. The molecule has 6 heteroatoms. The number of H-pyrrole nitrogens is 2. The first kappa shape index (κ1) is 22.9. The lowest BCUT2D eigenvalue weighted by Crippen LogP contribution is -2.29. The van der Waals surface area contributed by atoms with Crippen molar-refractivity contribution in [2.24, 2.45) is 10.8 Å². The largest absolute Gasteiger partial charge is 0.347 e. The number of nitrogens with zero attached hydrogens (tertiary/aromatic N) is 2. The van der Waals surface area contributed by atoms with Crippen LogP contribution in [0.2, 0.25) is 0 Å². The molecule has 4 heterocycles. The van der Waals surface area contributed by atoms with Crippen LogP contribution in [0.1, 0.15) is 70.7 Å². The summed E-state index contributed by atoms with van der Waals surface area (Å²) in [5, 5.41) is 7.40. The maximum absolute atomic E-state index is 4.92. The highest BCUT2D eigenvalue weighted by atomic mass is 15.1. The zero-order valence-corrected chi connectivity index (χ0v) is 22.1. The number of piperidine rings is 1. The van der Waals surface area contributed by atoms with Crippen molar-refractivity contribution in [2.45, 2.75) is 71.1 Å². The summed E-state index contributed by atoms with van der Waals surface area (Å²) in [6.45, 7) is 9.28. The molecule has 1 aliphatic carbocycles. The first-order valence-electron chi connectivity index (χ1n) is 13.6. The predicted molar refractivity (Wildman–Crippen MR) is 148 cm³/mol. The van der Waals surface area contributed by atoms with E-state index < -0.39 is 0 Å². The van der Waals surface area contributed by atoms with Gasteiger partial charge in [0.2, 0.25) is 0 Å². The molecule has 2 aromatic heterocycles. The molecule has 0 spiro atoms. The molecular formula is C31H36N6. The van der Waals surface area contributed by atoms with Crippen LogP contribution in [-0.2, 0) is 0 Å². The molecule has 3 fully saturated rings. The van der Waals surface area contributed by atoms with Crippen LogP contribution in [0.4, 0.5) is 0 Å². The van der Waals surface area contributed by atoms with E-state index in [1.54, 1.807) is 0 Å². The maximum Gasteiger partial charge on any atom is 0.124 e. The van der Waals surface area contributed by atoms with E-state index in [1.165, 1.54) is 24.0 Å². The Balaban J connectivity index is 1.04. The lowest BCUT2D eigenvalue weighted by molar-refractivity contribution is 0.331. The van der Waals surface area contributed by atoms with Crippen molar-refractivity contribution in [1.82, 2.24) is 30.6 Å². The Kier molecular flexibility index (Phi) is 5.05. The van der Waals surface area contributed by atoms with E-state index in [2.05, 4.69) is 96.8 Å². The van der Waals surface area contributed by atoms with Crippen molar-refractivity contribution in [1.29, 1.82) is 0 Å². The number of aromatic nitrogens is 4. The van der Waals surface area contributed by atoms with E-state index in [4.69, 9.17) is 9.97 Å². The van der Waals surface area contributed by atoms with Crippen LogP contribution in [0.15, 0.2) is 60.9 Å². The van der Waals surface area contributed by atoms with Gasteiger partial charge in [-0.15, -0.1) is 0 Å². The molecule has 2 saturated heterocycles. The fraction of sp³-hybridized carbons (Fsp3) is 0.419. The Morgan fingerprint density at radius 1 is 0.649 bits per heavy atom. The SMILES string of the molecule is C[C@H]1N[C@H](c2nc(-c3ccc(-c4ccc(-c5c[nH]c([C@@H]6C[C@@]7(C)C[C@H]7N6)n5)cc4)cc3)c[nH]2)CC1(C)C. The smallest absolute Gasteiger partial charge is 0.124 e. The molecule has 1 saturated carbocycles. The molecule has 6 nitrogen and oxygen atoms in total. The van der Waals surface area contributed by atoms with E-state index in [9.17, 15) is 0 Å². The van der Waals surface area contributed by atoms with Gasteiger partial charge < -0.3 is 20.6 Å². The minimum Gasteiger partial charge on any atom is -0.347 e. The van der Waals surface area contributed by atoms with E-state index >= 15 is 0 Å². The molecule has 0 unspecified atom stereocenters. The standard InChI is InChI=1S/C31H36N6/c1-18-30(2,3)13-23(34-18)28-32-16-25(36-28)21-9-5-19(6-10-21)20-7-11-22(12-8-20)26-17-33-29(37-26)24-14-31(4)15-27(31)35-24/h5-12,16-18,23-24,27,34-35H,13-15H2,1-4H3,(H,32,36)(H,33,37)/t18-,23+,24+,27-,31+/m1/s1. The molecule has 190 valence electrons. The zero-order valence-electron chi connectivity index (χ0n) is 22.1. The molecule has 37 heavy (non-hydrogen) atoms. The maximum atomic E-state index is 4.92. The normalized spacial score (nSPS) is 29.9. The molecule has 2 aliphatic heterocycles. The second-order valence-electron chi connectivity index (χ2n) is 12.5. The Morgan fingerprint density at radius 2 is 1.14 bits per heavy atom. The quantitative estimate of drug-likeness (QED) is 0.260. The molecule has 7 rings (SSSR count). The van der Waals surface area contributed by atoms with Gasteiger partial charge in [-0.2, -0.15) is 0 Å². The number of imidazole rings is 2. The minimum atomic E-state index is 0.278. The van der Waals surface area contributed by atoms with Gasteiger partial charge in [0, 0.05) is 35.6 Å². The predicted octanol–water partition coefficient (Wildman–Crippen LogP) is 6.40. The highest BCUT2D eigenvalue weighted by Gasteiger charge is 2.57. The van der Waals surface area contributed by atoms with Crippen LogP contribution in [0.25, 0.3) is 33.6 Å². The number of nitrogens with one attached hydrogen (secondary N) is 4. The molecule has 2 aromatic carbocycles. The Labute approximate surface area is 218 Å². The van der Waals surface area contributed by atoms with Crippen molar-refractivity contribution < 1.29 is 0 Å². The number of hydrogen-bond acceptors (Lipinski definition) is 4. The Bertz CT molecular complexity index is 1430. The van der Waals surface area contributed by atoms with Gasteiger partial charge in [-0.1, -0.05) is 69.3 Å². The topological polar surface area (TPSA) is 81.4 Å². The van der Waals surface area contributed by atoms with Gasteiger partial charge in [0.15, 0.2) is 0 Å². The lowest BCUT2D eigenvalue weighted by atomic mass is 9.85. The summed E-state index contributed by atoms with van der Waals surface area (Å²) in [5.41, 5.74) is 7.43. The third-order valence-corrected chi connectivity index (χ3v) is 9.33. The van der Waals surface area contributed by atoms with Crippen LogP contribution in [-0.4, -0.2) is 32.0 Å². The third kappa shape index (κ3) is 4.03. The zero-order chi connectivity index (χ0) is 25.4. The summed E-state index contributed by atoms with van der Waals surface area (Å²) in [7, 11) is 0. The van der Waals surface area contributed by atoms with Gasteiger partial charge in [0.05, 0.1) is 23.5 Å².